The smallest absolute Gasteiger partial charge is 0.240 e. The van der Waals surface area contributed by atoms with Gasteiger partial charge in [-0.2, -0.15) is 0 Å². The quantitative estimate of drug-likeness (QED) is 0.600. The predicted molar refractivity (Wildman–Crippen MR) is 72.5 cm³/mol. The van der Waals surface area contributed by atoms with Gasteiger partial charge in [0.25, 0.3) is 0 Å². The maximum absolute atomic E-state index is 11.3. The summed E-state index contributed by atoms with van der Waals surface area (Å²) in [6.45, 7) is 0.638. The number of thioether (sulfide) groups is 1. The van der Waals surface area contributed by atoms with Gasteiger partial charge in [0.05, 0.1) is 11.4 Å². The molecule has 6 heteroatoms. The van der Waals surface area contributed by atoms with Crippen LogP contribution >= 0.6 is 11.8 Å². The van der Waals surface area contributed by atoms with Gasteiger partial charge in [-0.3, -0.25) is 0 Å². The number of hydrogen-bond acceptors (Lipinski definition) is 4. The summed E-state index contributed by atoms with van der Waals surface area (Å²) in [4.78, 5) is 0.113. The first-order valence-electron chi connectivity index (χ1n) is 4.92. The Bertz CT molecular complexity index is 506. The minimum absolute atomic E-state index is 0.113. The molecule has 0 atom stereocenters. The number of sulfonamides is 1. The predicted octanol–water partition coefficient (Wildman–Crippen LogP) is 1.11. The highest BCUT2D eigenvalue weighted by molar-refractivity contribution is 7.99. The normalized spacial score (nSPS) is 10.8. The number of terminal acetylenes is 1. The molecule has 0 heterocycles. The van der Waals surface area contributed by atoms with Crippen LogP contribution in [0.1, 0.15) is 0 Å². The zero-order valence-corrected chi connectivity index (χ0v) is 10.9. The average molecular weight is 270 g/mol. The van der Waals surface area contributed by atoms with Crippen LogP contribution in [0.4, 0.5) is 5.69 Å². The number of anilines is 1. The zero-order valence-electron chi connectivity index (χ0n) is 9.22. The van der Waals surface area contributed by atoms with Gasteiger partial charge in [-0.05, 0) is 12.1 Å². The van der Waals surface area contributed by atoms with Crippen LogP contribution in [0.15, 0.2) is 29.2 Å². The molecule has 0 unspecified atom stereocenters. The average Bonchev–Trinajstić information content (AvgIpc) is 2.28. The van der Waals surface area contributed by atoms with E-state index in [1.807, 2.05) is 0 Å². The van der Waals surface area contributed by atoms with Gasteiger partial charge in [-0.1, -0.05) is 18.1 Å². The molecule has 0 aliphatic carbocycles. The summed E-state index contributed by atoms with van der Waals surface area (Å²) >= 11 is 1.61. The van der Waals surface area contributed by atoms with Gasteiger partial charge in [0.1, 0.15) is 4.90 Å². The molecular formula is C11H14N2O2S2. The van der Waals surface area contributed by atoms with Crippen molar-refractivity contribution in [2.24, 2.45) is 5.14 Å². The van der Waals surface area contributed by atoms with Gasteiger partial charge < -0.3 is 5.32 Å². The molecule has 0 amide bonds. The SMILES string of the molecule is C#CCSCCNc1ccccc1S(N)(=O)=O. The first kappa shape index (κ1) is 13.9. The van der Waals surface area contributed by atoms with E-state index in [1.54, 1.807) is 30.0 Å². The van der Waals surface area contributed by atoms with Gasteiger partial charge >= 0.3 is 0 Å². The standard InChI is InChI=1S/C11H14N2O2S2/c1-2-8-16-9-7-13-10-5-3-4-6-11(10)17(12,14)15/h1,3-6,13H,7-9H2,(H2,12,14,15). The van der Waals surface area contributed by atoms with E-state index in [2.05, 4.69) is 11.2 Å². The van der Waals surface area contributed by atoms with Crippen LogP contribution in [0.2, 0.25) is 0 Å². The van der Waals surface area contributed by atoms with Crippen LogP contribution in [-0.2, 0) is 10.0 Å². The van der Waals surface area contributed by atoms with Crippen LogP contribution in [-0.4, -0.2) is 26.5 Å². The molecule has 0 saturated heterocycles. The molecule has 17 heavy (non-hydrogen) atoms. The Morgan fingerprint density at radius 3 is 2.76 bits per heavy atom. The Morgan fingerprint density at radius 2 is 2.12 bits per heavy atom. The summed E-state index contributed by atoms with van der Waals surface area (Å²) in [7, 11) is -3.68. The van der Waals surface area contributed by atoms with Crippen LogP contribution in [0.3, 0.4) is 0 Å². The largest absolute Gasteiger partial charge is 0.383 e. The molecule has 0 spiro atoms. The van der Waals surface area contributed by atoms with Crippen molar-refractivity contribution in [3.05, 3.63) is 24.3 Å². The van der Waals surface area contributed by atoms with E-state index in [0.29, 0.717) is 18.0 Å². The molecule has 0 radical (unpaired) electrons. The first-order valence-corrected chi connectivity index (χ1v) is 7.62. The van der Waals surface area contributed by atoms with Gasteiger partial charge in [-0.15, -0.1) is 18.2 Å². The Morgan fingerprint density at radius 1 is 1.41 bits per heavy atom. The van der Waals surface area contributed by atoms with Gasteiger partial charge in [0.2, 0.25) is 10.0 Å². The molecule has 3 N–H and O–H groups in total. The molecular weight excluding hydrogens is 256 g/mol. The lowest BCUT2D eigenvalue weighted by atomic mass is 10.3. The van der Waals surface area contributed by atoms with Crippen molar-refractivity contribution in [1.29, 1.82) is 0 Å². The molecule has 0 aliphatic rings. The lowest BCUT2D eigenvalue weighted by Gasteiger charge is -2.09. The number of nitrogens with two attached hydrogens (primary N) is 1. The minimum atomic E-state index is -3.68. The molecule has 1 aromatic carbocycles. The molecule has 0 saturated carbocycles. The highest BCUT2D eigenvalue weighted by atomic mass is 32.2. The van der Waals surface area contributed by atoms with E-state index in [1.165, 1.54) is 6.07 Å². The molecule has 92 valence electrons. The van der Waals surface area contributed by atoms with Gasteiger partial charge in [0, 0.05) is 12.3 Å². The third kappa shape index (κ3) is 4.69. The van der Waals surface area contributed by atoms with Crippen molar-refractivity contribution in [3.8, 4) is 12.3 Å². The van der Waals surface area contributed by atoms with Crippen molar-refractivity contribution >= 4 is 27.5 Å². The van der Waals surface area contributed by atoms with E-state index < -0.39 is 10.0 Å². The summed E-state index contributed by atoms with van der Waals surface area (Å²) in [5.74, 6) is 3.98. The summed E-state index contributed by atoms with van der Waals surface area (Å²) in [6, 6.07) is 6.56. The maximum Gasteiger partial charge on any atom is 0.240 e. The molecule has 0 aliphatic heterocycles. The Labute approximate surface area is 106 Å². The second kappa shape index (κ2) is 6.55. The fraction of sp³-hybridized carbons (Fsp3) is 0.273. The number of primary sulfonamides is 1. The Kier molecular flexibility index (Phi) is 5.35. The summed E-state index contributed by atoms with van der Waals surface area (Å²) in [5, 5.41) is 8.14. The lowest BCUT2D eigenvalue weighted by molar-refractivity contribution is 0.598. The van der Waals surface area contributed by atoms with E-state index in [-0.39, 0.29) is 4.90 Å². The molecule has 0 bridgehead atoms. The second-order valence-corrected chi connectivity index (χ2v) is 5.86. The van der Waals surface area contributed by atoms with E-state index in [4.69, 9.17) is 11.6 Å². The van der Waals surface area contributed by atoms with E-state index in [0.717, 1.165) is 5.75 Å². The first-order chi connectivity index (χ1) is 8.05. The molecule has 4 nitrogen and oxygen atoms in total. The fourth-order valence-electron chi connectivity index (χ4n) is 1.25. The van der Waals surface area contributed by atoms with Crippen LogP contribution in [0.5, 0.6) is 0 Å². The Balaban J connectivity index is 2.63. The summed E-state index contributed by atoms with van der Waals surface area (Å²) in [5.41, 5.74) is 0.524. The third-order valence-corrected chi connectivity index (χ3v) is 3.77. The highest BCUT2D eigenvalue weighted by Crippen LogP contribution is 2.19. The number of nitrogens with one attached hydrogen (secondary N) is 1. The third-order valence-electron chi connectivity index (χ3n) is 1.94. The van der Waals surface area contributed by atoms with Crippen molar-refractivity contribution in [3.63, 3.8) is 0 Å². The number of hydrogen-bond donors (Lipinski definition) is 2. The molecule has 0 aromatic heterocycles. The summed E-state index contributed by atoms with van der Waals surface area (Å²) in [6.07, 6.45) is 5.12. The maximum atomic E-state index is 11.3. The minimum Gasteiger partial charge on any atom is -0.383 e. The lowest BCUT2D eigenvalue weighted by Crippen LogP contribution is -2.15. The Hall–Kier alpha value is -1.16. The van der Waals surface area contributed by atoms with E-state index in [9.17, 15) is 8.42 Å². The number of benzene rings is 1. The van der Waals surface area contributed by atoms with E-state index >= 15 is 0 Å². The molecule has 1 rings (SSSR count). The van der Waals surface area contributed by atoms with Gasteiger partial charge in [-0.25, -0.2) is 13.6 Å². The molecule has 0 fully saturated rings. The fourth-order valence-corrected chi connectivity index (χ4v) is 2.47. The monoisotopic (exact) mass is 270 g/mol. The second-order valence-electron chi connectivity index (χ2n) is 3.22. The molecule has 1 aromatic rings. The van der Waals surface area contributed by atoms with Crippen molar-refractivity contribution in [2.75, 3.05) is 23.4 Å². The van der Waals surface area contributed by atoms with Gasteiger partial charge in [0.15, 0.2) is 0 Å². The number of para-hydroxylation sites is 1. The topological polar surface area (TPSA) is 72.2 Å². The van der Waals surface area contributed by atoms with Crippen molar-refractivity contribution in [2.45, 2.75) is 4.90 Å². The van der Waals surface area contributed by atoms with Crippen molar-refractivity contribution < 1.29 is 8.42 Å². The zero-order chi connectivity index (χ0) is 12.7. The number of rotatable bonds is 6. The van der Waals surface area contributed by atoms with Crippen LogP contribution in [0, 0.1) is 12.3 Å². The van der Waals surface area contributed by atoms with Crippen molar-refractivity contribution in [1.82, 2.24) is 0 Å². The van der Waals surface area contributed by atoms with Crippen LogP contribution < -0.4 is 10.5 Å². The van der Waals surface area contributed by atoms with Crippen LogP contribution in [0.25, 0.3) is 0 Å². The summed E-state index contributed by atoms with van der Waals surface area (Å²) < 4.78 is 22.6. The highest BCUT2D eigenvalue weighted by Gasteiger charge is 2.12.